The number of hydrogen-bond acceptors (Lipinski definition) is 3. The van der Waals surface area contributed by atoms with Crippen molar-refractivity contribution >= 4 is 40.8 Å². The molecule has 0 saturated heterocycles. The molecule has 2 rings (SSSR count). The number of aromatic nitrogens is 2. The van der Waals surface area contributed by atoms with Crippen LogP contribution in [0.5, 0.6) is 0 Å². The van der Waals surface area contributed by atoms with E-state index < -0.39 is 5.82 Å². The molecule has 0 aliphatic rings. The topological polar surface area (TPSA) is 59.0 Å². The number of imidazole rings is 1. The number of rotatable bonds is 6. The number of nitrogens with one attached hydrogen (secondary N) is 2. The summed E-state index contributed by atoms with van der Waals surface area (Å²) in [6.45, 7) is 1.32. The van der Waals surface area contributed by atoms with Gasteiger partial charge in [-0.3, -0.25) is 4.79 Å². The van der Waals surface area contributed by atoms with Crippen LogP contribution in [0.1, 0.15) is 6.42 Å². The predicted octanol–water partition coefficient (Wildman–Crippen LogP) is 2.64. The summed E-state index contributed by atoms with van der Waals surface area (Å²) in [7, 11) is 1.57. The van der Waals surface area contributed by atoms with Crippen molar-refractivity contribution in [3.05, 3.63) is 27.7 Å². The Hall–Kier alpha value is -1.44. The lowest BCUT2D eigenvalue weighted by Gasteiger charge is -2.06. The molecular formula is C13H15ClFN3O2S. The zero-order valence-corrected chi connectivity index (χ0v) is 13.0. The summed E-state index contributed by atoms with van der Waals surface area (Å²) in [6.07, 6.45) is 0.264. The minimum atomic E-state index is -0.509. The van der Waals surface area contributed by atoms with Gasteiger partial charge in [-0.05, 0) is 18.3 Å². The first-order chi connectivity index (χ1) is 10.0. The first-order valence-corrected chi connectivity index (χ1v) is 7.14. The molecule has 0 fully saturated rings. The SMILES string of the molecule is COCCNC(=O)CCn1c(=S)[nH]c2cc(F)c(Cl)cc21. The summed E-state index contributed by atoms with van der Waals surface area (Å²) >= 11 is 11.0. The highest BCUT2D eigenvalue weighted by Gasteiger charge is 2.10. The van der Waals surface area contributed by atoms with Gasteiger partial charge in [-0.2, -0.15) is 0 Å². The molecule has 114 valence electrons. The lowest BCUT2D eigenvalue weighted by atomic mass is 10.3. The van der Waals surface area contributed by atoms with E-state index in [4.69, 9.17) is 28.6 Å². The van der Waals surface area contributed by atoms with Crippen molar-refractivity contribution in [1.82, 2.24) is 14.9 Å². The van der Waals surface area contributed by atoms with E-state index in [9.17, 15) is 9.18 Å². The van der Waals surface area contributed by atoms with Crippen molar-refractivity contribution < 1.29 is 13.9 Å². The largest absolute Gasteiger partial charge is 0.383 e. The van der Waals surface area contributed by atoms with Gasteiger partial charge in [0.15, 0.2) is 4.77 Å². The number of H-pyrrole nitrogens is 1. The number of fused-ring (bicyclic) bond motifs is 1. The smallest absolute Gasteiger partial charge is 0.221 e. The van der Waals surface area contributed by atoms with Crippen LogP contribution in [0.4, 0.5) is 4.39 Å². The van der Waals surface area contributed by atoms with Gasteiger partial charge < -0.3 is 19.6 Å². The summed E-state index contributed by atoms with van der Waals surface area (Å²) in [5, 5.41) is 2.75. The number of ether oxygens (including phenoxy) is 1. The number of aryl methyl sites for hydroxylation is 1. The summed E-state index contributed by atoms with van der Waals surface area (Å²) in [5.74, 6) is -0.610. The molecule has 1 aromatic heterocycles. The highest BCUT2D eigenvalue weighted by atomic mass is 35.5. The molecule has 8 heteroatoms. The predicted molar refractivity (Wildman–Crippen MR) is 81.6 cm³/mol. The third-order valence-electron chi connectivity index (χ3n) is 3.01. The molecule has 2 N–H and O–H groups in total. The monoisotopic (exact) mass is 331 g/mol. The van der Waals surface area contributed by atoms with Crippen molar-refractivity contribution in [3.8, 4) is 0 Å². The van der Waals surface area contributed by atoms with Gasteiger partial charge in [0.2, 0.25) is 5.91 Å². The second-order valence-electron chi connectivity index (χ2n) is 4.46. The van der Waals surface area contributed by atoms with Crippen LogP contribution in [0.3, 0.4) is 0 Å². The highest BCUT2D eigenvalue weighted by molar-refractivity contribution is 7.71. The Morgan fingerprint density at radius 3 is 3.05 bits per heavy atom. The van der Waals surface area contributed by atoms with Gasteiger partial charge in [0, 0.05) is 32.7 Å². The summed E-state index contributed by atoms with van der Waals surface area (Å²) < 4.78 is 20.4. The van der Waals surface area contributed by atoms with E-state index in [1.165, 1.54) is 12.1 Å². The van der Waals surface area contributed by atoms with Gasteiger partial charge in [0.05, 0.1) is 22.7 Å². The molecule has 1 amide bonds. The van der Waals surface area contributed by atoms with Crippen LogP contribution in [0.25, 0.3) is 11.0 Å². The molecule has 1 aromatic carbocycles. The molecule has 0 bridgehead atoms. The number of hydrogen-bond donors (Lipinski definition) is 2. The lowest BCUT2D eigenvalue weighted by molar-refractivity contribution is -0.121. The molecule has 0 spiro atoms. The second kappa shape index (κ2) is 7.02. The highest BCUT2D eigenvalue weighted by Crippen LogP contribution is 2.23. The third kappa shape index (κ3) is 3.81. The molecule has 2 aromatic rings. The average molecular weight is 332 g/mol. The van der Waals surface area contributed by atoms with Crippen molar-refractivity contribution in [1.29, 1.82) is 0 Å². The van der Waals surface area contributed by atoms with E-state index in [1.807, 2.05) is 0 Å². The van der Waals surface area contributed by atoms with E-state index in [2.05, 4.69) is 10.3 Å². The molecule has 0 aliphatic carbocycles. The number of amides is 1. The summed E-state index contributed by atoms with van der Waals surface area (Å²) in [5.41, 5.74) is 1.23. The Kier molecular flexibility index (Phi) is 5.33. The number of benzene rings is 1. The van der Waals surface area contributed by atoms with E-state index in [1.54, 1.807) is 11.7 Å². The zero-order chi connectivity index (χ0) is 15.4. The zero-order valence-electron chi connectivity index (χ0n) is 11.4. The van der Waals surface area contributed by atoms with Crippen molar-refractivity contribution in [2.45, 2.75) is 13.0 Å². The van der Waals surface area contributed by atoms with E-state index in [-0.39, 0.29) is 17.4 Å². The van der Waals surface area contributed by atoms with Gasteiger partial charge in [0.25, 0.3) is 0 Å². The van der Waals surface area contributed by atoms with E-state index in [0.29, 0.717) is 35.5 Å². The number of methoxy groups -OCH3 is 1. The van der Waals surface area contributed by atoms with Crippen LogP contribution < -0.4 is 5.32 Å². The van der Waals surface area contributed by atoms with E-state index in [0.717, 1.165) is 0 Å². The Morgan fingerprint density at radius 2 is 2.33 bits per heavy atom. The van der Waals surface area contributed by atoms with Gasteiger partial charge in [-0.15, -0.1) is 0 Å². The Labute approximate surface area is 131 Å². The van der Waals surface area contributed by atoms with Gasteiger partial charge in [0.1, 0.15) is 5.82 Å². The Bertz CT molecular complexity index is 713. The van der Waals surface area contributed by atoms with Crippen LogP contribution >= 0.6 is 23.8 Å². The summed E-state index contributed by atoms with van der Waals surface area (Å²) in [6, 6.07) is 2.80. The minimum absolute atomic E-state index is 0.0230. The maximum Gasteiger partial charge on any atom is 0.221 e. The molecule has 0 aliphatic heterocycles. The number of carbonyl (C=O) groups excluding carboxylic acids is 1. The number of nitrogens with zero attached hydrogens (tertiary/aromatic N) is 1. The standard InChI is InChI=1S/C13H15ClFN3O2S/c1-20-5-3-16-12(19)2-4-18-11-6-8(14)9(15)7-10(11)17-13(18)21/h6-7H,2-5H2,1H3,(H,16,19)(H,17,21). The molecule has 0 radical (unpaired) electrons. The second-order valence-corrected chi connectivity index (χ2v) is 5.25. The fourth-order valence-electron chi connectivity index (χ4n) is 1.97. The maximum absolute atomic E-state index is 13.4. The fraction of sp³-hybridized carbons (Fsp3) is 0.385. The quantitative estimate of drug-likeness (QED) is 0.632. The lowest BCUT2D eigenvalue weighted by Crippen LogP contribution is -2.27. The third-order valence-corrected chi connectivity index (χ3v) is 3.62. The van der Waals surface area contributed by atoms with E-state index >= 15 is 0 Å². The van der Waals surface area contributed by atoms with Crippen LogP contribution in [0.2, 0.25) is 5.02 Å². The van der Waals surface area contributed by atoms with Crippen LogP contribution in [-0.4, -0.2) is 35.7 Å². The Morgan fingerprint density at radius 1 is 1.57 bits per heavy atom. The molecule has 0 unspecified atom stereocenters. The molecule has 0 atom stereocenters. The molecule has 21 heavy (non-hydrogen) atoms. The van der Waals surface area contributed by atoms with Crippen LogP contribution in [-0.2, 0) is 16.1 Å². The van der Waals surface area contributed by atoms with Gasteiger partial charge in [-0.1, -0.05) is 11.6 Å². The molecular weight excluding hydrogens is 317 g/mol. The molecule has 1 heterocycles. The molecule has 0 saturated carbocycles. The average Bonchev–Trinajstić information content (AvgIpc) is 2.72. The van der Waals surface area contributed by atoms with Crippen molar-refractivity contribution in [2.75, 3.05) is 20.3 Å². The van der Waals surface area contributed by atoms with Crippen molar-refractivity contribution in [2.24, 2.45) is 0 Å². The van der Waals surface area contributed by atoms with Crippen LogP contribution in [0, 0.1) is 10.6 Å². The first kappa shape index (κ1) is 15.9. The number of halogens is 2. The fourth-order valence-corrected chi connectivity index (χ4v) is 2.43. The normalized spacial score (nSPS) is 11.0. The van der Waals surface area contributed by atoms with Gasteiger partial charge >= 0.3 is 0 Å². The van der Waals surface area contributed by atoms with Crippen LogP contribution in [0.15, 0.2) is 12.1 Å². The first-order valence-electron chi connectivity index (χ1n) is 6.36. The number of carbonyl (C=O) groups is 1. The Balaban J connectivity index is 2.12. The minimum Gasteiger partial charge on any atom is -0.383 e. The molecule has 5 nitrogen and oxygen atoms in total. The number of aromatic amines is 1. The van der Waals surface area contributed by atoms with Crippen molar-refractivity contribution in [3.63, 3.8) is 0 Å². The summed E-state index contributed by atoms with van der Waals surface area (Å²) in [4.78, 5) is 14.6. The van der Waals surface area contributed by atoms with Gasteiger partial charge in [-0.25, -0.2) is 4.39 Å². The maximum atomic E-state index is 13.4.